The fraction of sp³-hybridized carbons (Fsp3) is 0.706. The fourth-order valence-corrected chi connectivity index (χ4v) is 3.83. The number of aliphatic imine (C=N–C) groups is 1. The molecule has 0 bridgehead atoms. The molecule has 1 aromatic heterocycles. The number of rotatable bonds is 3. The predicted octanol–water partition coefficient (Wildman–Crippen LogP) is 2.31. The molecule has 0 fully saturated rings. The molecule has 6 N–H and O–H groups in total. The Morgan fingerprint density at radius 2 is 2.12 bits per heavy atom. The quantitative estimate of drug-likeness (QED) is 0.666. The van der Waals surface area contributed by atoms with E-state index in [0.717, 1.165) is 36.5 Å². The van der Waals surface area contributed by atoms with Crippen molar-refractivity contribution in [3.05, 3.63) is 17.1 Å². The van der Waals surface area contributed by atoms with E-state index >= 15 is 0 Å². The second-order valence-corrected chi connectivity index (χ2v) is 7.78. The van der Waals surface area contributed by atoms with Gasteiger partial charge in [-0.15, -0.1) is 12.4 Å². The highest BCUT2D eigenvalue weighted by Gasteiger charge is 2.43. The van der Waals surface area contributed by atoms with E-state index < -0.39 is 5.66 Å². The summed E-state index contributed by atoms with van der Waals surface area (Å²) in [5.41, 5.74) is 13.8. The summed E-state index contributed by atoms with van der Waals surface area (Å²) in [6, 6.07) is 0. The molecule has 2 aliphatic rings. The van der Waals surface area contributed by atoms with E-state index in [1.807, 2.05) is 7.05 Å². The van der Waals surface area contributed by atoms with E-state index in [0.29, 0.717) is 24.8 Å². The summed E-state index contributed by atoms with van der Waals surface area (Å²) in [7, 11) is 1.88. The minimum absolute atomic E-state index is 0. The summed E-state index contributed by atoms with van der Waals surface area (Å²) in [5.74, 6) is 2.96. The number of hydrogen-bond donors (Lipinski definition) is 4. The van der Waals surface area contributed by atoms with Crippen molar-refractivity contribution in [2.24, 2.45) is 27.8 Å². The number of nitrogens with zero attached hydrogens (tertiary/aromatic N) is 1. The van der Waals surface area contributed by atoms with Crippen molar-refractivity contribution in [1.82, 2.24) is 5.32 Å². The van der Waals surface area contributed by atoms with Crippen LogP contribution >= 0.6 is 12.4 Å². The van der Waals surface area contributed by atoms with Crippen molar-refractivity contribution < 1.29 is 4.42 Å². The Labute approximate surface area is 150 Å². The Kier molecular flexibility index (Phi) is 5.23. The van der Waals surface area contributed by atoms with Crippen LogP contribution in [-0.2, 0) is 18.5 Å². The molecule has 2 unspecified atom stereocenters. The lowest BCUT2D eigenvalue weighted by molar-refractivity contribution is 0.206. The van der Waals surface area contributed by atoms with E-state index in [9.17, 15) is 0 Å². The highest BCUT2D eigenvalue weighted by molar-refractivity contribution is 5.96. The molecular weight excluding hydrogens is 326 g/mol. The summed E-state index contributed by atoms with van der Waals surface area (Å²) in [6.45, 7) is 7.44. The van der Waals surface area contributed by atoms with E-state index in [2.05, 4.69) is 36.4 Å². The molecule has 0 amide bonds. The van der Waals surface area contributed by atoms with Crippen molar-refractivity contribution in [2.75, 3.05) is 18.9 Å². The van der Waals surface area contributed by atoms with Gasteiger partial charge in [-0.1, -0.05) is 20.8 Å². The molecule has 0 aromatic carbocycles. The highest BCUT2D eigenvalue weighted by atomic mass is 35.5. The molecule has 136 valence electrons. The average Bonchev–Trinajstić information content (AvgIpc) is 2.85. The van der Waals surface area contributed by atoms with Crippen molar-refractivity contribution in [2.45, 2.75) is 52.1 Å². The first-order valence-corrected chi connectivity index (χ1v) is 8.47. The molecule has 0 saturated carbocycles. The maximum absolute atomic E-state index is 6.25. The number of halogens is 1. The third-order valence-corrected chi connectivity index (χ3v) is 5.35. The molecule has 1 aromatic rings. The van der Waals surface area contributed by atoms with Gasteiger partial charge >= 0.3 is 0 Å². The first-order valence-electron chi connectivity index (χ1n) is 8.47. The first kappa shape index (κ1) is 19.1. The van der Waals surface area contributed by atoms with Crippen molar-refractivity contribution in [3.63, 3.8) is 0 Å². The predicted molar refractivity (Wildman–Crippen MR) is 101 cm³/mol. The molecule has 24 heavy (non-hydrogen) atoms. The van der Waals surface area contributed by atoms with Crippen LogP contribution in [0.15, 0.2) is 9.41 Å². The Bertz CT molecular complexity index is 634. The molecule has 6 nitrogen and oxygen atoms in total. The number of furan rings is 1. The van der Waals surface area contributed by atoms with Gasteiger partial charge in [0.15, 0.2) is 17.4 Å². The van der Waals surface area contributed by atoms with Gasteiger partial charge in [0.05, 0.1) is 5.69 Å². The SMILES string of the molecule is CNC1(CCN)N=C(N)Nc2c1oc1c2CC(C(C)(C)C)CC1.Cl. The zero-order chi connectivity index (χ0) is 16.8. The monoisotopic (exact) mass is 355 g/mol. The Balaban J connectivity index is 0.00000208. The molecule has 1 aliphatic carbocycles. The van der Waals surface area contributed by atoms with Crippen molar-refractivity contribution in [3.8, 4) is 0 Å². The van der Waals surface area contributed by atoms with Crippen LogP contribution in [0.25, 0.3) is 0 Å². The third kappa shape index (κ3) is 3.03. The second-order valence-electron chi connectivity index (χ2n) is 7.78. The lowest BCUT2D eigenvalue weighted by Crippen LogP contribution is -2.46. The fourth-order valence-electron chi connectivity index (χ4n) is 3.83. The topological polar surface area (TPSA) is 102 Å². The lowest BCUT2D eigenvalue weighted by Gasteiger charge is -2.34. The van der Waals surface area contributed by atoms with Gasteiger partial charge in [0, 0.05) is 18.4 Å². The molecule has 0 spiro atoms. The second kappa shape index (κ2) is 6.58. The van der Waals surface area contributed by atoms with Crippen LogP contribution in [0.5, 0.6) is 0 Å². The molecule has 1 aliphatic heterocycles. The number of nitrogens with two attached hydrogens (primary N) is 2. The summed E-state index contributed by atoms with van der Waals surface area (Å²) < 4.78 is 6.25. The number of aryl methyl sites for hydroxylation is 1. The Morgan fingerprint density at radius 3 is 2.71 bits per heavy atom. The van der Waals surface area contributed by atoms with Crippen LogP contribution in [0.1, 0.15) is 50.7 Å². The molecule has 0 saturated heterocycles. The zero-order valence-electron chi connectivity index (χ0n) is 15.0. The summed E-state index contributed by atoms with van der Waals surface area (Å²) in [5, 5.41) is 6.51. The maximum Gasteiger partial charge on any atom is 0.195 e. The van der Waals surface area contributed by atoms with Gasteiger partial charge in [-0.25, -0.2) is 4.99 Å². The summed E-state index contributed by atoms with van der Waals surface area (Å²) >= 11 is 0. The normalized spacial score (nSPS) is 25.9. The number of nitrogens with one attached hydrogen (secondary N) is 2. The van der Waals surface area contributed by atoms with Crippen LogP contribution in [0, 0.1) is 11.3 Å². The Hall–Kier alpha value is -1.24. The largest absolute Gasteiger partial charge is 0.459 e. The molecular formula is C17H30ClN5O. The number of fused-ring (bicyclic) bond motifs is 3. The molecule has 2 atom stereocenters. The maximum atomic E-state index is 6.25. The van der Waals surface area contributed by atoms with Crippen LogP contribution < -0.4 is 22.1 Å². The van der Waals surface area contributed by atoms with Crippen LogP contribution in [0.2, 0.25) is 0 Å². The number of hydrogen-bond acceptors (Lipinski definition) is 6. The van der Waals surface area contributed by atoms with Gasteiger partial charge in [-0.05, 0) is 37.8 Å². The molecule has 2 heterocycles. The van der Waals surface area contributed by atoms with E-state index in [-0.39, 0.29) is 17.8 Å². The van der Waals surface area contributed by atoms with E-state index in [4.69, 9.17) is 15.9 Å². The standard InChI is InChI=1S/C17H29N5O.ClH/c1-16(2,3)10-5-6-12-11(9-10)13-14(23-12)17(20-4,7-8-18)22-15(19)21-13;/h10,20H,5-9,18H2,1-4H3,(H3,19,21,22);1H. The third-order valence-electron chi connectivity index (χ3n) is 5.35. The highest BCUT2D eigenvalue weighted by Crippen LogP contribution is 2.46. The Morgan fingerprint density at radius 1 is 1.42 bits per heavy atom. The van der Waals surface area contributed by atoms with Gasteiger partial charge in [-0.3, -0.25) is 5.32 Å². The van der Waals surface area contributed by atoms with Gasteiger partial charge in [-0.2, -0.15) is 0 Å². The molecule has 3 rings (SSSR count). The number of guanidine groups is 1. The van der Waals surface area contributed by atoms with Gasteiger partial charge in [0.25, 0.3) is 0 Å². The average molecular weight is 356 g/mol. The van der Waals surface area contributed by atoms with Gasteiger partial charge in [0.1, 0.15) is 5.76 Å². The smallest absolute Gasteiger partial charge is 0.195 e. The van der Waals surface area contributed by atoms with Crippen LogP contribution in [0.4, 0.5) is 5.69 Å². The molecule has 7 heteroatoms. The van der Waals surface area contributed by atoms with Crippen LogP contribution in [0.3, 0.4) is 0 Å². The van der Waals surface area contributed by atoms with Gasteiger partial charge in [0.2, 0.25) is 0 Å². The van der Waals surface area contributed by atoms with Crippen molar-refractivity contribution >= 4 is 24.1 Å². The summed E-state index contributed by atoms with van der Waals surface area (Å²) in [4.78, 5) is 4.57. The number of anilines is 1. The van der Waals surface area contributed by atoms with Crippen LogP contribution in [-0.4, -0.2) is 19.6 Å². The minimum atomic E-state index is -0.659. The molecule has 0 radical (unpaired) electrons. The van der Waals surface area contributed by atoms with E-state index in [1.54, 1.807) is 0 Å². The summed E-state index contributed by atoms with van der Waals surface area (Å²) in [6.07, 6.45) is 3.78. The zero-order valence-corrected chi connectivity index (χ0v) is 15.8. The first-order chi connectivity index (χ1) is 10.8. The van der Waals surface area contributed by atoms with Gasteiger partial charge < -0.3 is 21.2 Å². The minimum Gasteiger partial charge on any atom is -0.459 e. The lowest BCUT2D eigenvalue weighted by atomic mass is 9.71. The van der Waals surface area contributed by atoms with Crippen molar-refractivity contribution in [1.29, 1.82) is 0 Å². The van der Waals surface area contributed by atoms with E-state index in [1.165, 1.54) is 5.56 Å².